The maximum absolute atomic E-state index is 2.33. The van der Waals surface area contributed by atoms with Gasteiger partial charge < -0.3 is 19.6 Å². The summed E-state index contributed by atoms with van der Waals surface area (Å²) in [6.45, 7) is 37.1. The summed E-state index contributed by atoms with van der Waals surface area (Å²) >= 11 is 0. The van der Waals surface area contributed by atoms with Gasteiger partial charge in [-0.3, -0.25) is 0 Å². The second kappa shape index (κ2) is 40.6. The number of benzene rings is 6. The van der Waals surface area contributed by atoms with Gasteiger partial charge in [0, 0.05) is 0 Å². The molecule has 0 spiro atoms. The van der Waals surface area contributed by atoms with Crippen molar-refractivity contribution in [3.63, 3.8) is 0 Å². The first-order chi connectivity index (χ1) is 34.9. The summed E-state index contributed by atoms with van der Waals surface area (Å²) in [7, 11) is 16.4. The molecule has 0 fully saturated rings. The molecular formula is C68H108N4. The van der Waals surface area contributed by atoms with Gasteiger partial charge in [-0.1, -0.05) is 232 Å². The Morgan fingerprint density at radius 2 is 0.472 bits per heavy atom. The Morgan fingerprint density at radius 3 is 0.764 bits per heavy atom. The highest BCUT2D eigenvalue weighted by Crippen LogP contribution is 2.48. The molecule has 72 heavy (non-hydrogen) atoms. The number of rotatable bonds is 4. The van der Waals surface area contributed by atoms with Crippen molar-refractivity contribution in [2.24, 2.45) is 0 Å². The van der Waals surface area contributed by atoms with Crippen molar-refractivity contribution in [3.8, 4) is 44.5 Å². The quantitative estimate of drug-likeness (QED) is 0.174. The maximum Gasteiger partial charge on any atom is -0.000718 e. The van der Waals surface area contributed by atoms with Crippen molar-refractivity contribution < 1.29 is 0 Å². The Hall–Kier alpha value is -4.84. The van der Waals surface area contributed by atoms with Crippen LogP contribution in [0.3, 0.4) is 0 Å². The van der Waals surface area contributed by atoms with Crippen LogP contribution in [0.1, 0.15) is 155 Å². The van der Waals surface area contributed by atoms with Crippen LogP contribution in [0, 0.1) is 0 Å². The van der Waals surface area contributed by atoms with Crippen LogP contribution >= 0.6 is 0 Å². The first kappa shape index (κ1) is 69.2. The lowest BCUT2D eigenvalue weighted by Crippen LogP contribution is -2.08. The van der Waals surface area contributed by atoms with Crippen LogP contribution in [-0.2, 0) is 25.7 Å². The third kappa shape index (κ3) is 20.9. The lowest BCUT2D eigenvalue weighted by Gasteiger charge is -2.08. The lowest BCUT2D eigenvalue weighted by molar-refractivity contribution is 0.434. The van der Waals surface area contributed by atoms with E-state index in [4.69, 9.17) is 0 Å². The molecule has 10 rings (SSSR count). The molecule has 0 aromatic heterocycles. The van der Waals surface area contributed by atoms with Crippen molar-refractivity contribution >= 4 is 0 Å². The smallest absolute Gasteiger partial charge is 0.000718 e. The first-order valence-corrected chi connectivity index (χ1v) is 28.1. The van der Waals surface area contributed by atoms with Crippen LogP contribution in [0.25, 0.3) is 44.5 Å². The van der Waals surface area contributed by atoms with E-state index in [1.807, 2.05) is 83.1 Å². The van der Waals surface area contributed by atoms with Gasteiger partial charge in [0.05, 0.1) is 0 Å². The second-order valence-electron chi connectivity index (χ2n) is 17.2. The predicted molar refractivity (Wildman–Crippen MR) is 331 cm³/mol. The molecule has 6 aromatic carbocycles. The molecule has 6 aromatic rings. The molecule has 0 unspecified atom stereocenters. The monoisotopic (exact) mass is 981 g/mol. The fraction of sp³-hybridized carbons (Fsp3) is 0.471. The molecule has 4 aliphatic rings. The number of hydrogen-bond donors (Lipinski definition) is 0. The summed E-state index contributed by atoms with van der Waals surface area (Å²) in [5, 5.41) is 0. The topological polar surface area (TPSA) is 13.0 Å². The van der Waals surface area contributed by atoms with Crippen molar-refractivity contribution in [2.75, 3.05) is 82.6 Å². The molecule has 0 N–H and O–H groups in total. The van der Waals surface area contributed by atoms with Crippen LogP contribution in [0.4, 0.5) is 0 Å². The molecule has 4 aliphatic carbocycles. The lowest BCUT2D eigenvalue weighted by atomic mass is 9.95. The van der Waals surface area contributed by atoms with Crippen LogP contribution < -0.4 is 0 Å². The molecule has 4 nitrogen and oxygen atoms in total. The molecule has 0 atom stereocenters. The highest BCUT2D eigenvalue weighted by molar-refractivity contribution is 5.90. The van der Waals surface area contributed by atoms with Crippen molar-refractivity contribution in [1.29, 1.82) is 0 Å². The Kier molecular flexibility index (Phi) is 39.1. The SMILES string of the molecule is CC.CC.CC.CC.CC.CC.CCN(C)C.CCN(C)C.CCN(C)C.CCN(C)C.c1ccc2c(c1)Cc1c-2ccc2c1-c1ccccc1C2.c1ccc2c(c1)Cc1c-2ccc2c1Cc1ccccc1-2. The fourth-order valence-corrected chi connectivity index (χ4v) is 7.72. The third-order valence-corrected chi connectivity index (χ3v) is 12.1. The van der Waals surface area contributed by atoms with Gasteiger partial charge in [-0.25, -0.2) is 0 Å². The second-order valence-corrected chi connectivity index (χ2v) is 17.2. The third-order valence-electron chi connectivity index (χ3n) is 12.1. The number of hydrogen-bond acceptors (Lipinski definition) is 4. The molecule has 0 saturated carbocycles. The number of nitrogens with zero attached hydrogens (tertiary/aromatic N) is 4. The van der Waals surface area contributed by atoms with Gasteiger partial charge in [-0.05, 0) is 197 Å². The van der Waals surface area contributed by atoms with E-state index >= 15 is 0 Å². The Balaban J connectivity index is 0. The van der Waals surface area contributed by atoms with E-state index in [0.717, 1.165) is 51.9 Å². The van der Waals surface area contributed by atoms with Crippen LogP contribution in [0.15, 0.2) is 121 Å². The van der Waals surface area contributed by atoms with Gasteiger partial charge >= 0.3 is 0 Å². The minimum atomic E-state index is 1.09. The van der Waals surface area contributed by atoms with Gasteiger partial charge in [0.2, 0.25) is 0 Å². The highest BCUT2D eigenvalue weighted by Gasteiger charge is 2.28. The minimum absolute atomic E-state index is 1.09. The molecule has 0 heterocycles. The minimum Gasteiger partial charge on any atom is -0.310 e. The summed E-state index contributed by atoms with van der Waals surface area (Å²) in [6, 6.07) is 44.6. The van der Waals surface area contributed by atoms with Gasteiger partial charge in [-0.15, -0.1) is 0 Å². The molecule has 0 radical (unpaired) electrons. The average molecular weight is 982 g/mol. The van der Waals surface area contributed by atoms with Crippen molar-refractivity contribution in [3.05, 3.63) is 166 Å². The molecular weight excluding hydrogens is 873 g/mol. The van der Waals surface area contributed by atoms with Crippen LogP contribution in [0.5, 0.6) is 0 Å². The van der Waals surface area contributed by atoms with E-state index in [9.17, 15) is 0 Å². The predicted octanol–water partition coefficient (Wildman–Crippen LogP) is 18.1. The summed E-state index contributed by atoms with van der Waals surface area (Å²) in [5.41, 5.74) is 23.6. The van der Waals surface area contributed by atoms with E-state index in [1.165, 1.54) is 77.9 Å². The van der Waals surface area contributed by atoms with E-state index < -0.39 is 0 Å². The van der Waals surface area contributed by atoms with Crippen molar-refractivity contribution in [1.82, 2.24) is 19.6 Å². The average Bonchev–Trinajstić information content (AvgIpc) is 4.23. The van der Waals surface area contributed by atoms with E-state index in [1.54, 1.807) is 11.1 Å². The zero-order chi connectivity index (χ0) is 55.3. The largest absolute Gasteiger partial charge is 0.310 e. The van der Waals surface area contributed by atoms with E-state index in [2.05, 4.69) is 225 Å². The number of fused-ring (bicyclic) bond motifs is 14. The standard InChI is InChI=1S/2C20H14.4C4H11N.6C2H6/c1-3-7-16-14(6-1)12-19-18(16)10-9-15-11-13-5-2-4-8-17(13)20(15)19;1-3-7-15-13(5-1)11-19-17(15)9-10-18-16-8-4-2-6-14(16)12-20(18)19;4*1-4-5(2)3;6*1-2/h2*1-10H,11-12H2;4*4H2,1-3H3;6*1-2H3. The zero-order valence-corrected chi connectivity index (χ0v) is 51.0. The Bertz CT molecular complexity index is 2190. The maximum atomic E-state index is 2.33. The van der Waals surface area contributed by atoms with Crippen molar-refractivity contribution in [2.45, 2.75) is 136 Å². The summed E-state index contributed by atoms with van der Waals surface area (Å²) in [6.07, 6.45) is 4.38. The molecule has 0 saturated heterocycles. The van der Waals surface area contributed by atoms with Gasteiger partial charge in [-0.2, -0.15) is 0 Å². The first-order valence-electron chi connectivity index (χ1n) is 28.1. The summed E-state index contributed by atoms with van der Waals surface area (Å²) in [4.78, 5) is 8.50. The van der Waals surface area contributed by atoms with E-state index in [0.29, 0.717) is 0 Å². The molecule has 0 amide bonds. The highest BCUT2D eigenvalue weighted by atomic mass is 15.1. The van der Waals surface area contributed by atoms with Crippen LogP contribution in [-0.4, -0.2) is 102 Å². The molecule has 0 bridgehead atoms. The van der Waals surface area contributed by atoms with Gasteiger partial charge in [0.15, 0.2) is 0 Å². The summed E-state index contributed by atoms with van der Waals surface area (Å²) < 4.78 is 0. The molecule has 4 heteroatoms. The summed E-state index contributed by atoms with van der Waals surface area (Å²) in [5.74, 6) is 0. The zero-order valence-electron chi connectivity index (χ0n) is 51.0. The molecule has 400 valence electrons. The van der Waals surface area contributed by atoms with E-state index in [-0.39, 0.29) is 0 Å². The fourth-order valence-electron chi connectivity index (χ4n) is 7.72. The normalized spacial score (nSPS) is 10.7. The Morgan fingerprint density at radius 1 is 0.250 bits per heavy atom. The van der Waals surface area contributed by atoms with Crippen LogP contribution in [0.2, 0.25) is 0 Å². The molecule has 0 aliphatic heterocycles. The van der Waals surface area contributed by atoms with Gasteiger partial charge in [0.25, 0.3) is 0 Å². The Labute approximate surface area is 446 Å². The van der Waals surface area contributed by atoms with Gasteiger partial charge in [0.1, 0.15) is 0 Å².